The van der Waals surface area contributed by atoms with Crippen LogP contribution in [0.5, 0.6) is 0 Å². The van der Waals surface area contributed by atoms with E-state index in [1.165, 1.54) is 0 Å². The van der Waals surface area contributed by atoms with Crippen LogP contribution in [0.25, 0.3) is 0 Å². The Morgan fingerprint density at radius 3 is 1.03 bits per heavy atom. The molecule has 0 aromatic carbocycles. The third kappa shape index (κ3) is 4.07. The van der Waals surface area contributed by atoms with E-state index in [-0.39, 0.29) is 28.3 Å². The molecule has 0 rings (SSSR count). The number of halogens is 17. The van der Waals surface area contributed by atoms with Gasteiger partial charge < -0.3 is 13.3 Å². The summed E-state index contributed by atoms with van der Waals surface area (Å²) in [4.78, 5) is 0. The molecule has 21 heteroatoms. The van der Waals surface area contributed by atoms with Crippen molar-refractivity contribution in [3.05, 3.63) is 0 Å². The summed E-state index contributed by atoms with van der Waals surface area (Å²) >= 11 is 0. The Labute approximate surface area is 185 Å². The number of alkyl halides is 17. The number of hydrogen-bond acceptors (Lipinski definition) is 3. The van der Waals surface area contributed by atoms with Gasteiger partial charge in [0.1, 0.15) is 0 Å². The van der Waals surface area contributed by atoms with Crippen molar-refractivity contribution in [1.29, 1.82) is 0 Å². The zero-order chi connectivity index (χ0) is 28.9. The van der Waals surface area contributed by atoms with Crippen molar-refractivity contribution in [2.24, 2.45) is 0 Å². The molecular weight excluding hydrogens is 567 g/mol. The lowest BCUT2D eigenvalue weighted by molar-refractivity contribution is -0.453. The fourth-order valence-electron chi connectivity index (χ4n) is 2.48. The molecule has 0 aliphatic heterocycles. The van der Waals surface area contributed by atoms with Crippen LogP contribution in [0, 0.1) is 0 Å². The Morgan fingerprint density at radius 1 is 0.514 bits per heavy atom. The monoisotopic (exact) mass is 582 g/mol. The van der Waals surface area contributed by atoms with Crippen LogP contribution in [0.1, 0.15) is 13.3 Å². The van der Waals surface area contributed by atoms with Gasteiger partial charge in [-0.15, -0.1) is 0 Å². The first-order valence-electron chi connectivity index (χ1n) is 8.48. The standard InChI is InChI=1S/C14H15F17O3Si/c1-5-6(15)7(16,17)8(18,19)9(20,21)10(22,23)11(24,25)12(26,27)13(28,29)14(30,31)35(32-2,33-3)34-4/h6H,5H2,1-4H3. The lowest BCUT2D eigenvalue weighted by Gasteiger charge is -2.45. The summed E-state index contributed by atoms with van der Waals surface area (Å²) in [6, 6.07) is 0. The molecule has 0 heterocycles. The van der Waals surface area contributed by atoms with Crippen molar-refractivity contribution < 1.29 is 87.9 Å². The normalized spacial score (nSPS) is 17.1. The summed E-state index contributed by atoms with van der Waals surface area (Å²) in [5, 5.41) is 0. The highest BCUT2D eigenvalue weighted by atomic mass is 28.4. The Balaban J connectivity index is 7.08. The molecular formula is C14H15F17O3Si. The minimum atomic E-state index is -8.64. The van der Waals surface area contributed by atoms with E-state index in [1.54, 1.807) is 0 Å². The first kappa shape index (κ1) is 33.9. The van der Waals surface area contributed by atoms with Gasteiger partial charge in [0.15, 0.2) is 6.17 Å². The van der Waals surface area contributed by atoms with E-state index < -0.39 is 68.4 Å². The van der Waals surface area contributed by atoms with Crippen LogP contribution in [0.3, 0.4) is 0 Å². The summed E-state index contributed by atoms with van der Waals surface area (Å²) in [6.07, 6.45) is -6.30. The lowest BCUT2D eigenvalue weighted by atomic mass is 9.87. The minimum absolute atomic E-state index is 0.00595. The number of hydrogen-bond donors (Lipinski definition) is 0. The van der Waals surface area contributed by atoms with Crippen molar-refractivity contribution in [3.63, 3.8) is 0 Å². The Hall–Kier alpha value is -1.09. The summed E-state index contributed by atoms with van der Waals surface area (Å²) < 4.78 is 244. The average Bonchev–Trinajstić information content (AvgIpc) is 2.73. The van der Waals surface area contributed by atoms with E-state index in [1.807, 2.05) is 0 Å². The van der Waals surface area contributed by atoms with Gasteiger partial charge in [0.25, 0.3) is 0 Å². The molecule has 0 bridgehead atoms. The van der Waals surface area contributed by atoms with Crippen LogP contribution >= 0.6 is 0 Å². The molecule has 0 saturated heterocycles. The molecule has 0 aliphatic carbocycles. The largest absolute Gasteiger partial charge is 0.581 e. The van der Waals surface area contributed by atoms with Crippen molar-refractivity contribution in [1.82, 2.24) is 0 Å². The van der Waals surface area contributed by atoms with E-state index in [2.05, 4.69) is 13.3 Å². The molecule has 212 valence electrons. The average molecular weight is 582 g/mol. The molecule has 0 aromatic heterocycles. The SMILES string of the molecule is CCC(F)C(F)(F)C(F)(F)C(F)(F)C(F)(F)C(F)(F)C(F)(F)C(F)(F)C(F)(F)[Si](OC)(OC)OC. The molecule has 0 aliphatic rings. The third-order valence-electron chi connectivity index (χ3n) is 4.73. The van der Waals surface area contributed by atoms with Gasteiger partial charge in [0.05, 0.1) is 0 Å². The molecule has 0 radical (unpaired) electrons. The zero-order valence-electron chi connectivity index (χ0n) is 17.4. The molecule has 0 saturated carbocycles. The molecule has 35 heavy (non-hydrogen) atoms. The molecule has 3 nitrogen and oxygen atoms in total. The van der Waals surface area contributed by atoms with Crippen LogP contribution < -0.4 is 0 Å². The summed E-state index contributed by atoms with van der Waals surface area (Å²) in [5.74, 6) is -56.9. The van der Waals surface area contributed by atoms with Crippen LogP contribution in [-0.4, -0.2) is 83.3 Å². The molecule has 0 spiro atoms. The Morgan fingerprint density at radius 2 is 0.771 bits per heavy atom. The molecule has 0 amide bonds. The molecule has 0 aromatic rings. The second-order valence-corrected chi connectivity index (χ2v) is 9.65. The molecule has 1 unspecified atom stereocenters. The van der Waals surface area contributed by atoms with Gasteiger partial charge in [-0.05, 0) is 6.42 Å². The van der Waals surface area contributed by atoms with E-state index in [9.17, 15) is 74.6 Å². The van der Waals surface area contributed by atoms with Gasteiger partial charge >= 0.3 is 55.8 Å². The maximum absolute atomic E-state index is 14.2. The summed E-state index contributed by atoms with van der Waals surface area (Å²) in [5.41, 5.74) is -6.87. The molecule has 0 fully saturated rings. The van der Waals surface area contributed by atoms with Gasteiger partial charge in [0, 0.05) is 21.3 Å². The van der Waals surface area contributed by atoms with Gasteiger partial charge in [-0.2, -0.15) is 70.2 Å². The van der Waals surface area contributed by atoms with E-state index in [0.717, 1.165) is 0 Å². The topological polar surface area (TPSA) is 27.7 Å². The predicted molar refractivity (Wildman–Crippen MR) is 81.5 cm³/mol. The van der Waals surface area contributed by atoms with Crippen LogP contribution in [0.2, 0.25) is 0 Å². The highest BCUT2D eigenvalue weighted by molar-refractivity contribution is 6.63. The lowest BCUT2D eigenvalue weighted by Crippen LogP contribution is -2.78. The van der Waals surface area contributed by atoms with E-state index in [4.69, 9.17) is 0 Å². The first-order chi connectivity index (χ1) is 15.2. The number of rotatable bonds is 13. The van der Waals surface area contributed by atoms with E-state index >= 15 is 0 Å². The fraction of sp³-hybridized carbons (Fsp3) is 1.00. The highest BCUT2D eigenvalue weighted by Gasteiger charge is 2.97. The van der Waals surface area contributed by atoms with Crippen LogP contribution in [0.4, 0.5) is 74.6 Å². The minimum Gasteiger partial charge on any atom is -0.373 e. The fourth-order valence-corrected chi connectivity index (χ4v) is 4.29. The van der Waals surface area contributed by atoms with Gasteiger partial charge in [-0.1, -0.05) is 6.92 Å². The van der Waals surface area contributed by atoms with Crippen LogP contribution in [0.15, 0.2) is 0 Å². The Bertz CT molecular complexity index is 729. The van der Waals surface area contributed by atoms with Crippen LogP contribution in [-0.2, 0) is 13.3 Å². The predicted octanol–water partition coefficient (Wildman–Crippen LogP) is 6.23. The van der Waals surface area contributed by atoms with Crippen molar-refractivity contribution in [2.75, 3.05) is 21.3 Å². The zero-order valence-corrected chi connectivity index (χ0v) is 18.4. The second kappa shape index (κ2) is 9.33. The summed E-state index contributed by atoms with van der Waals surface area (Å²) in [6.45, 7) is 0.258. The third-order valence-corrected chi connectivity index (χ3v) is 7.42. The van der Waals surface area contributed by atoms with Gasteiger partial charge in [-0.3, -0.25) is 0 Å². The van der Waals surface area contributed by atoms with Crippen molar-refractivity contribution in [3.8, 4) is 0 Å². The first-order valence-corrected chi connectivity index (χ1v) is 10.2. The van der Waals surface area contributed by atoms with Crippen molar-refractivity contribution >= 4 is 8.80 Å². The van der Waals surface area contributed by atoms with Crippen molar-refractivity contribution in [2.45, 2.75) is 66.5 Å². The highest BCUT2D eigenvalue weighted by Crippen LogP contribution is 2.65. The van der Waals surface area contributed by atoms with E-state index in [0.29, 0.717) is 0 Å². The van der Waals surface area contributed by atoms with Gasteiger partial charge in [0.2, 0.25) is 0 Å². The Kier molecular flexibility index (Phi) is 9.04. The maximum atomic E-state index is 14.2. The van der Waals surface area contributed by atoms with Gasteiger partial charge in [-0.25, -0.2) is 4.39 Å². The quantitative estimate of drug-likeness (QED) is 0.190. The maximum Gasteiger partial charge on any atom is 0.581 e. The smallest absolute Gasteiger partial charge is 0.373 e. The molecule has 0 N–H and O–H groups in total. The molecule has 1 atom stereocenters. The summed E-state index contributed by atoms with van der Waals surface area (Å²) in [7, 11) is -6.59. The second-order valence-electron chi connectivity index (χ2n) is 6.69.